The third kappa shape index (κ3) is 3.58. The van der Waals surface area contributed by atoms with Gasteiger partial charge in [-0.25, -0.2) is 4.79 Å². The van der Waals surface area contributed by atoms with Gasteiger partial charge < -0.3 is 19.0 Å². The number of fused-ring (bicyclic) bond motifs is 3. The summed E-state index contributed by atoms with van der Waals surface area (Å²) in [7, 11) is 1.52. The molecule has 1 aromatic heterocycles. The first-order valence-corrected chi connectivity index (χ1v) is 9.93. The molecule has 3 rings (SSSR count). The van der Waals surface area contributed by atoms with Crippen LogP contribution in [-0.4, -0.2) is 30.1 Å². The molecule has 0 amide bonds. The highest BCUT2D eigenvalue weighted by atomic mass is 79.9. The van der Waals surface area contributed by atoms with Crippen LogP contribution in [0.4, 0.5) is 0 Å². The molecule has 148 valence electrons. The molecule has 7 heteroatoms. The van der Waals surface area contributed by atoms with E-state index in [2.05, 4.69) is 15.9 Å². The molecule has 0 atom stereocenters. The number of ether oxygens (including phenoxy) is 2. The van der Waals surface area contributed by atoms with E-state index in [-0.39, 0.29) is 11.3 Å². The van der Waals surface area contributed by atoms with Gasteiger partial charge in [0.2, 0.25) is 0 Å². The monoisotopic (exact) mass is 448 g/mol. The fraction of sp³-hybridized carbons (Fsp3) is 0.333. The number of carbonyl (C=O) groups excluding carboxylic acids is 1. The van der Waals surface area contributed by atoms with Crippen molar-refractivity contribution in [2.75, 3.05) is 19.0 Å². The minimum Gasteiger partial charge on any atom is -0.507 e. The molecule has 6 nitrogen and oxygen atoms in total. The Balaban J connectivity index is 2.16. The van der Waals surface area contributed by atoms with Gasteiger partial charge in [0.25, 0.3) is 0 Å². The minimum atomic E-state index is -1.03. The maximum atomic E-state index is 12.5. The van der Waals surface area contributed by atoms with Crippen molar-refractivity contribution >= 4 is 43.6 Å². The van der Waals surface area contributed by atoms with E-state index in [0.29, 0.717) is 40.5 Å². The minimum absolute atomic E-state index is 0.0872. The Morgan fingerprint density at radius 1 is 1.21 bits per heavy atom. The number of phenols is 1. The van der Waals surface area contributed by atoms with Crippen LogP contribution in [0.1, 0.15) is 25.8 Å². The summed E-state index contributed by atoms with van der Waals surface area (Å²) < 4.78 is 16.0. The standard InChI is InChI=1S/C21H21BrO6/c1-21(2,20(25)27-8-4-7-22)12-9-16(23)18-15-11-13(26-3)5-6-14(15)19(24)28-17(18)10-12/h5-6,9-11,23H,4,7-8H2,1-3H3. The van der Waals surface area contributed by atoms with Crippen LogP contribution in [0.3, 0.4) is 0 Å². The summed E-state index contributed by atoms with van der Waals surface area (Å²) in [6.45, 7) is 3.70. The molecule has 3 aromatic rings. The van der Waals surface area contributed by atoms with Crippen molar-refractivity contribution < 1.29 is 23.8 Å². The van der Waals surface area contributed by atoms with Crippen molar-refractivity contribution in [2.45, 2.75) is 25.7 Å². The third-order valence-electron chi connectivity index (χ3n) is 4.74. The average Bonchev–Trinajstić information content (AvgIpc) is 2.67. The zero-order valence-electron chi connectivity index (χ0n) is 15.9. The van der Waals surface area contributed by atoms with Crippen LogP contribution in [0.5, 0.6) is 11.5 Å². The molecule has 0 saturated heterocycles. The predicted molar refractivity (Wildman–Crippen MR) is 111 cm³/mol. The number of benzene rings is 2. The zero-order valence-corrected chi connectivity index (χ0v) is 17.5. The van der Waals surface area contributed by atoms with E-state index in [1.165, 1.54) is 13.2 Å². The number of aromatic hydroxyl groups is 1. The first-order chi connectivity index (χ1) is 13.3. The highest BCUT2D eigenvalue weighted by Crippen LogP contribution is 2.37. The molecule has 1 N–H and O–H groups in total. The molecule has 2 aromatic carbocycles. The third-order valence-corrected chi connectivity index (χ3v) is 5.30. The number of hydrogen-bond donors (Lipinski definition) is 1. The number of hydrogen-bond acceptors (Lipinski definition) is 6. The Morgan fingerprint density at radius 3 is 2.64 bits per heavy atom. The van der Waals surface area contributed by atoms with E-state index in [1.54, 1.807) is 38.1 Å². The lowest BCUT2D eigenvalue weighted by Gasteiger charge is -2.23. The maximum Gasteiger partial charge on any atom is 0.344 e. The van der Waals surface area contributed by atoms with Crippen LogP contribution in [-0.2, 0) is 14.9 Å². The van der Waals surface area contributed by atoms with Crippen LogP contribution >= 0.6 is 15.9 Å². The Morgan fingerprint density at radius 2 is 1.96 bits per heavy atom. The number of halogens is 1. The predicted octanol–water partition coefficient (Wildman–Crippen LogP) is 4.27. The highest BCUT2D eigenvalue weighted by molar-refractivity contribution is 9.09. The Bertz CT molecular complexity index is 1100. The van der Waals surface area contributed by atoms with Crippen molar-refractivity contribution in [1.29, 1.82) is 0 Å². The molecule has 0 fully saturated rings. The number of alkyl halides is 1. The topological polar surface area (TPSA) is 86.0 Å². The van der Waals surface area contributed by atoms with E-state index in [9.17, 15) is 14.7 Å². The van der Waals surface area contributed by atoms with Crippen LogP contribution in [0.25, 0.3) is 21.7 Å². The summed E-state index contributed by atoms with van der Waals surface area (Å²) in [5.74, 6) is 0.0476. The summed E-state index contributed by atoms with van der Waals surface area (Å²) in [5, 5.41) is 12.7. The quantitative estimate of drug-likeness (QED) is 0.199. The molecule has 0 saturated carbocycles. The number of rotatable bonds is 6. The second kappa shape index (κ2) is 7.83. The maximum absolute atomic E-state index is 12.5. The highest BCUT2D eigenvalue weighted by Gasteiger charge is 2.33. The lowest BCUT2D eigenvalue weighted by Crippen LogP contribution is -2.31. The van der Waals surface area contributed by atoms with Crippen molar-refractivity contribution in [3.05, 3.63) is 46.3 Å². The summed E-state index contributed by atoms with van der Waals surface area (Å²) in [5.41, 5.74) is -0.867. The van der Waals surface area contributed by atoms with Gasteiger partial charge >= 0.3 is 11.6 Å². The second-order valence-electron chi connectivity index (χ2n) is 6.97. The van der Waals surface area contributed by atoms with E-state index >= 15 is 0 Å². The molecule has 1 heterocycles. The Labute approximate surface area is 170 Å². The number of phenolic OH excluding ortho intramolecular Hbond substituents is 1. The molecule has 0 aliphatic rings. The normalized spacial score (nSPS) is 11.7. The lowest BCUT2D eigenvalue weighted by atomic mass is 9.84. The molecule has 0 aliphatic heterocycles. The second-order valence-corrected chi connectivity index (χ2v) is 7.77. The first-order valence-electron chi connectivity index (χ1n) is 8.81. The molecular weight excluding hydrogens is 428 g/mol. The molecule has 0 bridgehead atoms. The van der Waals surface area contributed by atoms with Gasteiger partial charge in [0.1, 0.15) is 17.1 Å². The molecular formula is C21H21BrO6. The fourth-order valence-electron chi connectivity index (χ4n) is 3.02. The van der Waals surface area contributed by atoms with Gasteiger partial charge in [0, 0.05) is 10.7 Å². The smallest absolute Gasteiger partial charge is 0.344 e. The number of esters is 1. The van der Waals surface area contributed by atoms with Gasteiger partial charge in [-0.05, 0) is 56.2 Å². The van der Waals surface area contributed by atoms with Crippen molar-refractivity contribution in [3.63, 3.8) is 0 Å². The van der Waals surface area contributed by atoms with E-state index in [4.69, 9.17) is 13.9 Å². The number of carbonyl (C=O) groups is 1. The molecule has 0 aliphatic carbocycles. The molecule has 0 spiro atoms. The number of methoxy groups -OCH3 is 1. The van der Waals surface area contributed by atoms with Crippen molar-refractivity contribution in [2.24, 2.45) is 0 Å². The summed E-state index contributed by atoms with van der Waals surface area (Å²) in [6.07, 6.45) is 0.702. The SMILES string of the molecule is COc1ccc2c(=O)oc3cc(C(C)(C)C(=O)OCCCBr)cc(O)c3c2c1. The van der Waals surface area contributed by atoms with Crippen LogP contribution in [0, 0.1) is 0 Å². The Kier molecular flexibility index (Phi) is 5.65. The van der Waals surface area contributed by atoms with E-state index in [1.807, 2.05) is 0 Å². The lowest BCUT2D eigenvalue weighted by molar-refractivity contribution is -0.149. The molecule has 0 unspecified atom stereocenters. The van der Waals surface area contributed by atoms with Gasteiger partial charge in [-0.15, -0.1) is 0 Å². The van der Waals surface area contributed by atoms with Gasteiger partial charge in [-0.3, -0.25) is 4.79 Å². The van der Waals surface area contributed by atoms with Crippen molar-refractivity contribution in [3.8, 4) is 11.5 Å². The van der Waals surface area contributed by atoms with Crippen molar-refractivity contribution in [1.82, 2.24) is 0 Å². The fourth-order valence-corrected chi connectivity index (χ4v) is 3.25. The van der Waals surface area contributed by atoms with Gasteiger partial charge in [0.05, 0.1) is 29.9 Å². The summed E-state index contributed by atoms with van der Waals surface area (Å²) >= 11 is 3.29. The molecule has 28 heavy (non-hydrogen) atoms. The van der Waals surface area contributed by atoms with E-state index < -0.39 is 17.0 Å². The van der Waals surface area contributed by atoms with Crippen LogP contribution in [0.15, 0.2) is 39.5 Å². The average molecular weight is 449 g/mol. The zero-order chi connectivity index (χ0) is 20.5. The van der Waals surface area contributed by atoms with E-state index in [0.717, 1.165) is 5.33 Å². The van der Waals surface area contributed by atoms with Gasteiger partial charge in [0.15, 0.2) is 0 Å². The van der Waals surface area contributed by atoms with Gasteiger partial charge in [-0.2, -0.15) is 0 Å². The molecule has 0 radical (unpaired) electrons. The van der Waals surface area contributed by atoms with Crippen LogP contribution < -0.4 is 10.4 Å². The Hall–Kier alpha value is -2.54. The summed E-state index contributed by atoms with van der Waals surface area (Å²) in [4.78, 5) is 24.9. The summed E-state index contributed by atoms with van der Waals surface area (Å²) in [6, 6.07) is 8.03. The first kappa shape index (κ1) is 20.2. The van der Waals surface area contributed by atoms with Gasteiger partial charge in [-0.1, -0.05) is 15.9 Å². The largest absolute Gasteiger partial charge is 0.507 e. The van der Waals surface area contributed by atoms with Crippen LogP contribution in [0.2, 0.25) is 0 Å².